The highest BCUT2D eigenvalue weighted by atomic mass is 35.5. The molecule has 0 bridgehead atoms. The van der Waals surface area contributed by atoms with Crippen molar-refractivity contribution >= 4 is 47.0 Å². The molecule has 0 spiro atoms. The van der Waals surface area contributed by atoms with Crippen LogP contribution < -0.4 is 9.62 Å². The van der Waals surface area contributed by atoms with Gasteiger partial charge in [-0.05, 0) is 17.7 Å². The van der Waals surface area contributed by atoms with Crippen molar-refractivity contribution in [2.24, 2.45) is 0 Å². The van der Waals surface area contributed by atoms with Gasteiger partial charge in [-0.1, -0.05) is 29.6 Å². The number of carbonyl (C=O) groups excluding carboxylic acids is 2. The van der Waals surface area contributed by atoms with Gasteiger partial charge in [0.15, 0.2) is 5.82 Å². The summed E-state index contributed by atoms with van der Waals surface area (Å²) in [5.74, 6) is 0.799. The maximum Gasteiger partial charge on any atom is 0.344 e. The van der Waals surface area contributed by atoms with E-state index in [0.717, 1.165) is 56.5 Å². The van der Waals surface area contributed by atoms with Gasteiger partial charge in [-0.3, -0.25) is 9.69 Å². The first-order valence-corrected chi connectivity index (χ1v) is 12.7. The minimum atomic E-state index is -0.0951. The molecule has 33 heavy (non-hydrogen) atoms. The lowest BCUT2D eigenvalue weighted by atomic mass is 10.1. The van der Waals surface area contributed by atoms with E-state index in [2.05, 4.69) is 31.8 Å². The molecular weight excluding hydrogens is 462 g/mol. The van der Waals surface area contributed by atoms with E-state index in [1.165, 1.54) is 22.2 Å². The molecule has 9 nitrogen and oxygen atoms in total. The Morgan fingerprint density at radius 1 is 1.03 bits per heavy atom. The van der Waals surface area contributed by atoms with Gasteiger partial charge in [-0.15, -0.1) is 5.10 Å². The molecular formula is C22H30ClN7O2S. The summed E-state index contributed by atoms with van der Waals surface area (Å²) in [6.07, 6.45) is 3.61. The van der Waals surface area contributed by atoms with E-state index in [-0.39, 0.29) is 11.9 Å². The number of halogens is 1. The molecule has 3 heterocycles. The summed E-state index contributed by atoms with van der Waals surface area (Å²) < 4.78 is 4.43. The molecule has 2 aromatic rings. The molecule has 0 saturated carbocycles. The van der Waals surface area contributed by atoms with Crippen molar-refractivity contribution in [1.82, 2.24) is 24.5 Å². The number of amides is 2. The fourth-order valence-corrected chi connectivity index (χ4v) is 4.81. The average Bonchev–Trinajstić information content (AvgIpc) is 3.29. The Morgan fingerprint density at radius 3 is 2.39 bits per heavy atom. The van der Waals surface area contributed by atoms with Crippen molar-refractivity contribution < 1.29 is 9.59 Å². The van der Waals surface area contributed by atoms with Gasteiger partial charge in [0.25, 0.3) is 0 Å². The first-order valence-electron chi connectivity index (χ1n) is 11.1. The summed E-state index contributed by atoms with van der Waals surface area (Å²) >= 11 is 7.96. The fraction of sp³-hybridized carbons (Fsp3) is 0.500. The second kappa shape index (κ2) is 10.7. The van der Waals surface area contributed by atoms with Crippen molar-refractivity contribution in [3.05, 3.63) is 41.0 Å². The van der Waals surface area contributed by atoms with Crippen molar-refractivity contribution in [3.8, 4) is 0 Å². The van der Waals surface area contributed by atoms with Crippen molar-refractivity contribution in [3.63, 3.8) is 0 Å². The number of nitrogens with one attached hydrogen (secondary N) is 1. The number of hydrogen-bond acceptors (Lipinski definition) is 7. The van der Waals surface area contributed by atoms with Gasteiger partial charge in [0.1, 0.15) is 0 Å². The molecule has 2 fully saturated rings. The standard InChI is InChI=1S/C22H30ClN7O2S/c1-17(31)27-11-13-28(14-12-27)20-15-18(3-4-19(20)23)16-26-7-9-29(10-8-26)22(32)30-6-5-21(24-30)25-33-2/h3-6,15H,7-14,16H2,1-2H3,(H,24,25). The molecule has 2 saturated heterocycles. The Hall–Kier alpha value is -2.43. The third kappa shape index (κ3) is 5.74. The van der Waals surface area contributed by atoms with Crippen LogP contribution in [0.15, 0.2) is 30.5 Å². The summed E-state index contributed by atoms with van der Waals surface area (Å²) in [4.78, 5) is 32.7. The van der Waals surface area contributed by atoms with E-state index in [4.69, 9.17) is 11.6 Å². The minimum absolute atomic E-state index is 0.0951. The van der Waals surface area contributed by atoms with Crippen LogP contribution in [0.25, 0.3) is 0 Å². The van der Waals surface area contributed by atoms with Gasteiger partial charge in [0, 0.05) is 84.3 Å². The first-order chi connectivity index (χ1) is 15.9. The second-order valence-corrected chi connectivity index (χ2v) is 9.30. The molecule has 2 aliphatic heterocycles. The van der Waals surface area contributed by atoms with Crippen LogP contribution in [0.2, 0.25) is 5.02 Å². The third-order valence-corrected chi connectivity index (χ3v) is 6.85. The van der Waals surface area contributed by atoms with Gasteiger partial charge >= 0.3 is 6.03 Å². The van der Waals surface area contributed by atoms with Crippen molar-refractivity contribution in [2.45, 2.75) is 13.5 Å². The monoisotopic (exact) mass is 491 g/mol. The summed E-state index contributed by atoms with van der Waals surface area (Å²) in [6.45, 7) is 8.37. The van der Waals surface area contributed by atoms with Crippen LogP contribution in [0.5, 0.6) is 0 Å². The van der Waals surface area contributed by atoms with E-state index in [1.54, 1.807) is 19.2 Å². The van der Waals surface area contributed by atoms with Crippen LogP contribution in [0, 0.1) is 0 Å². The van der Waals surface area contributed by atoms with Crippen LogP contribution in [0.4, 0.5) is 16.3 Å². The highest BCUT2D eigenvalue weighted by molar-refractivity contribution is 7.99. The smallest absolute Gasteiger partial charge is 0.344 e. The van der Waals surface area contributed by atoms with Gasteiger partial charge in [0.05, 0.1) is 10.7 Å². The molecule has 0 radical (unpaired) electrons. The zero-order valence-electron chi connectivity index (χ0n) is 19.0. The number of benzene rings is 1. The third-order valence-electron chi connectivity index (χ3n) is 6.12. The highest BCUT2D eigenvalue weighted by Crippen LogP contribution is 2.28. The molecule has 1 N–H and O–H groups in total. The summed E-state index contributed by atoms with van der Waals surface area (Å²) in [6, 6.07) is 7.89. The van der Waals surface area contributed by atoms with Gasteiger partial charge in [-0.2, -0.15) is 4.68 Å². The molecule has 4 rings (SSSR count). The second-order valence-electron chi connectivity index (χ2n) is 8.28. The number of piperazine rings is 2. The topological polar surface area (TPSA) is 77.0 Å². The molecule has 11 heteroatoms. The minimum Gasteiger partial charge on any atom is -0.367 e. The van der Waals surface area contributed by atoms with Crippen LogP contribution in [0.3, 0.4) is 0 Å². The van der Waals surface area contributed by atoms with Crippen LogP contribution >= 0.6 is 23.5 Å². The lowest BCUT2D eigenvalue weighted by Gasteiger charge is -2.37. The lowest BCUT2D eigenvalue weighted by molar-refractivity contribution is -0.129. The number of nitrogens with zero attached hydrogens (tertiary/aromatic N) is 6. The Morgan fingerprint density at radius 2 is 1.73 bits per heavy atom. The van der Waals surface area contributed by atoms with E-state index < -0.39 is 0 Å². The number of carbonyl (C=O) groups is 2. The quantitative estimate of drug-likeness (QED) is 0.644. The summed E-state index contributed by atoms with van der Waals surface area (Å²) in [5, 5.41) is 5.02. The lowest BCUT2D eigenvalue weighted by Crippen LogP contribution is -2.49. The Kier molecular flexibility index (Phi) is 7.67. The Labute approximate surface area is 203 Å². The number of anilines is 2. The average molecular weight is 492 g/mol. The molecule has 2 aliphatic rings. The normalized spacial score (nSPS) is 17.4. The fourth-order valence-electron chi connectivity index (χ4n) is 4.25. The molecule has 178 valence electrons. The van der Waals surface area contributed by atoms with E-state index in [0.29, 0.717) is 18.9 Å². The Bertz CT molecular complexity index is 985. The summed E-state index contributed by atoms with van der Waals surface area (Å²) in [7, 11) is 0. The number of aromatic nitrogens is 2. The number of hydrogen-bond donors (Lipinski definition) is 1. The maximum absolute atomic E-state index is 12.7. The zero-order chi connectivity index (χ0) is 23.4. The Balaban J connectivity index is 1.32. The van der Waals surface area contributed by atoms with Gasteiger partial charge in [0.2, 0.25) is 5.91 Å². The van der Waals surface area contributed by atoms with E-state index >= 15 is 0 Å². The molecule has 0 aliphatic carbocycles. The number of rotatable bonds is 5. The first kappa shape index (κ1) is 23.7. The molecule has 0 atom stereocenters. The van der Waals surface area contributed by atoms with Gasteiger partial charge in [-0.25, -0.2) is 4.79 Å². The highest BCUT2D eigenvalue weighted by Gasteiger charge is 2.24. The van der Waals surface area contributed by atoms with Crippen LogP contribution in [-0.4, -0.2) is 95.0 Å². The van der Waals surface area contributed by atoms with Gasteiger partial charge < -0.3 is 19.4 Å². The molecule has 1 aromatic carbocycles. The zero-order valence-corrected chi connectivity index (χ0v) is 20.6. The SMILES string of the molecule is CSNc1ccn(C(=O)N2CCN(Cc3ccc(Cl)c(N4CCN(C(C)=O)CC4)c3)CC2)n1. The predicted molar refractivity (Wildman–Crippen MR) is 133 cm³/mol. The molecule has 2 amide bonds. The van der Waals surface area contributed by atoms with Crippen molar-refractivity contribution in [1.29, 1.82) is 0 Å². The van der Waals surface area contributed by atoms with E-state index in [1.807, 2.05) is 22.1 Å². The van der Waals surface area contributed by atoms with E-state index in [9.17, 15) is 9.59 Å². The van der Waals surface area contributed by atoms with Crippen LogP contribution in [0.1, 0.15) is 12.5 Å². The predicted octanol–water partition coefficient (Wildman–Crippen LogP) is 2.68. The maximum atomic E-state index is 12.7. The van der Waals surface area contributed by atoms with Crippen molar-refractivity contribution in [2.75, 3.05) is 68.2 Å². The molecule has 1 aromatic heterocycles. The largest absolute Gasteiger partial charge is 0.367 e. The molecule has 0 unspecified atom stereocenters. The summed E-state index contributed by atoms with van der Waals surface area (Å²) in [5.41, 5.74) is 2.22. The van der Waals surface area contributed by atoms with Crippen LogP contribution in [-0.2, 0) is 11.3 Å².